The third-order valence-corrected chi connectivity index (χ3v) is 6.23. The minimum atomic E-state index is -0.318. The van der Waals surface area contributed by atoms with Crippen LogP contribution in [0, 0.1) is 5.82 Å². The maximum absolute atomic E-state index is 14.2. The second-order valence-corrected chi connectivity index (χ2v) is 8.43. The summed E-state index contributed by atoms with van der Waals surface area (Å²) in [6.07, 6.45) is 0. The average Bonchev–Trinajstić information content (AvgIpc) is 3.29. The van der Waals surface area contributed by atoms with Gasteiger partial charge >= 0.3 is 0 Å². The van der Waals surface area contributed by atoms with Crippen LogP contribution in [0.4, 0.5) is 4.39 Å². The largest absolute Gasteiger partial charge is 0.497 e. The summed E-state index contributed by atoms with van der Waals surface area (Å²) in [6.45, 7) is 0.714. The number of rotatable bonds is 8. The molecule has 3 aromatic carbocycles. The maximum Gasteiger partial charge on any atom is 0.196 e. The first-order valence-electron chi connectivity index (χ1n) is 10.6. The van der Waals surface area contributed by atoms with Crippen LogP contribution in [0.3, 0.4) is 0 Å². The van der Waals surface area contributed by atoms with Crippen molar-refractivity contribution in [3.8, 4) is 22.9 Å². The van der Waals surface area contributed by atoms with Crippen molar-refractivity contribution in [1.29, 1.82) is 0 Å². The third kappa shape index (κ3) is 4.85. The Labute approximate surface area is 200 Å². The molecule has 0 spiro atoms. The van der Waals surface area contributed by atoms with Crippen molar-refractivity contribution in [2.45, 2.75) is 24.1 Å². The predicted molar refractivity (Wildman–Crippen MR) is 125 cm³/mol. The van der Waals surface area contributed by atoms with E-state index in [1.54, 1.807) is 7.11 Å². The normalized spacial score (nSPS) is 12.6. The number of methoxy groups -OCH3 is 1. The van der Waals surface area contributed by atoms with Gasteiger partial charge in [0.2, 0.25) is 0 Å². The first-order valence-corrected chi connectivity index (χ1v) is 11.6. The molecule has 9 heteroatoms. The van der Waals surface area contributed by atoms with Crippen LogP contribution in [0.15, 0.2) is 71.9 Å². The van der Waals surface area contributed by atoms with Crippen LogP contribution in [-0.4, -0.2) is 28.7 Å². The van der Waals surface area contributed by atoms with Crippen molar-refractivity contribution in [2.75, 3.05) is 13.9 Å². The van der Waals surface area contributed by atoms with Gasteiger partial charge in [-0.25, -0.2) is 4.39 Å². The van der Waals surface area contributed by atoms with E-state index in [4.69, 9.17) is 18.9 Å². The zero-order chi connectivity index (χ0) is 23.3. The van der Waals surface area contributed by atoms with E-state index in [9.17, 15) is 4.39 Å². The standard InChI is InChI=1S/C25H22FN3O4S/c1-30-21-7-9-22(10-8-21)32-14-23-27-28-25(29(23)20-5-3-2-4-6-20)34-15-18-12-19(26)11-17-13-31-16-33-24(17)18/h2-12H,13-16H2,1H3. The van der Waals surface area contributed by atoms with Gasteiger partial charge in [0.1, 0.15) is 29.7 Å². The number of hydrogen-bond donors (Lipinski definition) is 0. The molecule has 0 amide bonds. The van der Waals surface area contributed by atoms with Gasteiger partial charge in [0.15, 0.2) is 17.8 Å². The zero-order valence-corrected chi connectivity index (χ0v) is 19.3. The zero-order valence-electron chi connectivity index (χ0n) is 18.4. The van der Waals surface area contributed by atoms with Crippen LogP contribution in [0.25, 0.3) is 5.69 Å². The third-order valence-electron chi connectivity index (χ3n) is 5.25. The van der Waals surface area contributed by atoms with Gasteiger partial charge in [-0.1, -0.05) is 30.0 Å². The Kier molecular flexibility index (Phi) is 6.64. The Bertz CT molecular complexity index is 1270. The lowest BCUT2D eigenvalue weighted by molar-refractivity contribution is -0.0171. The second kappa shape index (κ2) is 10.1. The molecule has 1 aliphatic heterocycles. The number of aromatic nitrogens is 3. The summed E-state index contributed by atoms with van der Waals surface area (Å²) in [6, 6.07) is 20.1. The van der Waals surface area contributed by atoms with E-state index in [0.717, 1.165) is 17.0 Å². The van der Waals surface area contributed by atoms with Gasteiger partial charge in [-0.05, 0) is 48.5 Å². The maximum atomic E-state index is 14.2. The van der Waals surface area contributed by atoms with Crippen molar-refractivity contribution >= 4 is 11.8 Å². The number of nitrogens with zero attached hydrogens (tertiary/aromatic N) is 3. The molecule has 0 aliphatic carbocycles. The molecule has 5 rings (SSSR count). The van der Waals surface area contributed by atoms with Crippen LogP contribution < -0.4 is 14.2 Å². The van der Waals surface area contributed by atoms with Crippen molar-refractivity contribution < 1.29 is 23.3 Å². The molecule has 174 valence electrons. The van der Waals surface area contributed by atoms with Gasteiger partial charge in [-0.3, -0.25) is 4.57 Å². The summed E-state index contributed by atoms with van der Waals surface area (Å²) in [4.78, 5) is 0. The number of benzene rings is 3. The molecule has 0 radical (unpaired) electrons. The number of hydrogen-bond acceptors (Lipinski definition) is 7. The second-order valence-electron chi connectivity index (χ2n) is 7.49. The van der Waals surface area contributed by atoms with Crippen LogP contribution in [0.1, 0.15) is 17.0 Å². The van der Waals surface area contributed by atoms with Crippen molar-refractivity contribution in [3.63, 3.8) is 0 Å². The highest BCUT2D eigenvalue weighted by molar-refractivity contribution is 7.98. The number of fused-ring (bicyclic) bond motifs is 1. The van der Waals surface area contributed by atoms with Crippen molar-refractivity contribution in [1.82, 2.24) is 14.8 Å². The topological polar surface area (TPSA) is 67.6 Å². The molecule has 0 bridgehead atoms. The van der Waals surface area contributed by atoms with E-state index in [1.807, 2.05) is 59.2 Å². The Morgan fingerprint density at radius 2 is 1.82 bits per heavy atom. The molecular weight excluding hydrogens is 457 g/mol. The van der Waals surface area contributed by atoms with Crippen molar-refractivity contribution in [2.24, 2.45) is 0 Å². The Hall–Kier alpha value is -3.56. The average molecular weight is 480 g/mol. The summed E-state index contributed by atoms with van der Waals surface area (Å²) < 4.78 is 38.2. The van der Waals surface area contributed by atoms with E-state index < -0.39 is 0 Å². The Balaban J connectivity index is 1.39. The number of ether oxygens (including phenoxy) is 4. The van der Waals surface area contributed by atoms with Crippen LogP contribution in [-0.2, 0) is 23.7 Å². The molecule has 0 saturated carbocycles. The molecule has 1 aromatic heterocycles. The van der Waals surface area contributed by atoms with Gasteiger partial charge in [-0.15, -0.1) is 10.2 Å². The lowest BCUT2D eigenvalue weighted by Crippen LogP contribution is -2.13. The summed E-state index contributed by atoms with van der Waals surface area (Å²) in [7, 11) is 1.62. The van der Waals surface area contributed by atoms with E-state index in [1.165, 1.54) is 23.9 Å². The number of thioether (sulfide) groups is 1. The number of para-hydroxylation sites is 1. The fourth-order valence-corrected chi connectivity index (χ4v) is 4.59. The fraction of sp³-hybridized carbons (Fsp3) is 0.200. The lowest BCUT2D eigenvalue weighted by atomic mass is 10.1. The molecule has 0 saturated heterocycles. The molecule has 7 nitrogen and oxygen atoms in total. The minimum absolute atomic E-state index is 0.156. The summed E-state index contributed by atoms with van der Waals surface area (Å²) in [5, 5.41) is 9.45. The first-order chi connectivity index (χ1) is 16.7. The molecular formula is C25H22FN3O4S. The monoisotopic (exact) mass is 479 g/mol. The molecule has 0 fully saturated rings. The minimum Gasteiger partial charge on any atom is -0.497 e. The first kappa shape index (κ1) is 22.2. The molecule has 0 unspecified atom stereocenters. The molecule has 1 aliphatic rings. The van der Waals surface area contributed by atoms with Crippen LogP contribution in [0.2, 0.25) is 0 Å². The SMILES string of the molecule is COc1ccc(OCc2nnc(SCc3cc(F)cc4c3OCOC4)n2-c2ccccc2)cc1. The Morgan fingerprint density at radius 3 is 2.62 bits per heavy atom. The smallest absolute Gasteiger partial charge is 0.196 e. The highest BCUT2D eigenvalue weighted by Crippen LogP contribution is 2.34. The van der Waals surface area contributed by atoms with E-state index >= 15 is 0 Å². The summed E-state index contributed by atoms with van der Waals surface area (Å²) >= 11 is 1.45. The summed E-state index contributed by atoms with van der Waals surface area (Å²) in [5.41, 5.74) is 2.37. The molecule has 4 aromatic rings. The van der Waals surface area contributed by atoms with Gasteiger partial charge in [0.25, 0.3) is 0 Å². The van der Waals surface area contributed by atoms with Crippen LogP contribution in [0.5, 0.6) is 17.2 Å². The van der Waals surface area contributed by atoms with Crippen LogP contribution >= 0.6 is 11.8 Å². The predicted octanol–water partition coefficient (Wildman–Crippen LogP) is 5.15. The number of halogens is 1. The van der Waals surface area contributed by atoms with Gasteiger partial charge in [0, 0.05) is 22.6 Å². The van der Waals surface area contributed by atoms with Crippen molar-refractivity contribution in [3.05, 3.63) is 89.5 Å². The molecule has 2 heterocycles. The Morgan fingerprint density at radius 1 is 1.03 bits per heavy atom. The van der Waals surface area contributed by atoms with Gasteiger partial charge in [0.05, 0.1) is 13.7 Å². The highest BCUT2D eigenvalue weighted by atomic mass is 32.2. The molecule has 0 atom stereocenters. The van der Waals surface area contributed by atoms with Gasteiger partial charge < -0.3 is 18.9 Å². The van der Waals surface area contributed by atoms with E-state index in [-0.39, 0.29) is 19.2 Å². The van der Waals surface area contributed by atoms with E-state index in [0.29, 0.717) is 40.4 Å². The lowest BCUT2D eigenvalue weighted by Gasteiger charge is -2.20. The molecule has 0 N–H and O–H groups in total. The quantitative estimate of drug-likeness (QED) is 0.324. The highest BCUT2D eigenvalue weighted by Gasteiger charge is 2.20. The fourth-order valence-electron chi connectivity index (χ4n) is 3.65. The summed E-state index contributed by atoms with van der Waals surface area (Å²) in [5.74, 6) is 2.92. The van der Waals surface area contributed by atoms with E-state index in [2.05, 4.69) is 10.2 Å². The molecule has 34 heavy (non-hydrogen) atoms. The van der Waals surface area contributed by atoms with Gasteiger partial charge in [-0.2, -0.15) is 0 Å².